The minimum atomic E-state index is 0.300. The maximum absolute atomic E-state index is 4.24. The summed E-state index contributed by atoms with van der Waals surface area (Å²) in [7, 11) is 0. The van der Waals surface area contributed by atoms with Crippen molar-refractivity contribution in [3.05, 3.63) is 57.8 Å². The molecular formula is C16H17BrN2. The van der Waals surface area contributed by atoms with Gasteiger partial charge in [0.15, 0.2) is 0 Å². The summed E-state index contributed by atoms with van der Waals surface area (Å²) < 4.78 is 0.864. The lowest BCUT2D eigenvalue weighted by molar-refractivity contribution is 0.877. The zero-order valence-corrected chi connectivity index (χ0v) is 12.6. The van der Waals surface area contributed by atoms with Crippen LogP contribution in [0.2, 0.25) is 0 Å². The van der Waals surface area contributed by atoms with E-state index in [1.54, 1.807) is 0 Å². The van der Waals surface area contributed by atoms with E-state index in [9.17, 15) is 0 Å². The Labute approximate surface area is 122 Å². The van der Waals surface area contributed by atoms with E-state index >= 15 is 0 Å². The molecule has 0 bridgehead atoms. The van der Waals surface area contributed by atoms with Crippen molar-refractivity contribution in [2.24, 2.45) is 0 Å². The molecule has 3 rings (SSSR count). The van der Waals surface area contributed by atoms with Gasteiger partial charge in [-0.25, -0.2) is 4.98 Å². The van der Waals surface area contributed by atoms with Crippen molar-refractivity contribution < 1.29 is 0 Å². The monoisotopic (exact) mass is 316 g/mol. The van der Waals surface area contributed by atoms with Crippen LogP contribution in [0.15, 0.2) is 41.1 Å². The molecule has 1 aromatic carbocycles. The molecule has 0 spiro atoms. The molecule has 0 radical (unpaired) electrons. The molecular weight excluding hydrogens is 300 g/mol. The Bertz CT molecular complexity index is 578. The summed E-state index contributed by atoms with van der Waals surface area (Å²) in [6.07, 6.45) is 5.63. The lowest BCUT2D eigenvalue weighted by atomic mass is 10.0. The van der Waals surface area contributed by atoms with Gasteiger partial charge in [-0.2, -0.15) is 0 Å². The maximum Gasteiger partial charge on any atom is 0.106 e. The van der Waals surface area contributed by atoms with E-state index in [-0.39, 0.29) is 0 Å². The van der Waals surface area contributed by atoms with E-state index < -0.39 is 0 Å². The van der Waals surface area contributed by atoms with Crippen LogP contribution < -0.4 is 5.32 Å². The predicted molar refractivity (Wildman–Crippen MR) is 82.4 cm³/mol. The Morgan fingerprint density at radius 1 is 1.16 bits per heavy atom. The number of hydrogen-bond acceptors (Lipinski definition) is 2. The molecule has 1 aliphatic rings. The highest BCUT2D eigenvalue weighted by molar-refractivity contribution is 9.10. The van der Waals surface area contributed by atoms with Gasteiger partial charge in [0.05, 0.1) is 11.9 Å². The first-order chi connectivity index (χ1) is 9.22. The van der Waals surface area contributed by atoms with E-state index in [4.69, 9.17) is 0 Å². The normalized spacial score (nSPS) is 15.1. The third kappa shape index (κ3) is 2.81. The number of fused-ring (bicyclic) bond motifs is 1. The molecule has 1 aromatic heterocycles. The van der Waals surface area contributed by atoms with Crippen molar-refractivity contribution in [3.63, 3.8) is 0 Å². The Kier molecular flexibility index (Phi) is 3.56. The van der Waals surface area contributed by atoms with Gasteiger partial charge in [0.25, 0.3) is 0 Å². The fourth-order valence-electron chi connectivity index (χ4n) is 2.66. The summed E-state index contributed by atoms with van der Waals surface area (Å²) in [5.41, 5.74) is 5.46. The highest BCUT2D eigenvalue weighted by atomic mass is 79.9. The minimum Gasteiger partial charge on any atom is -0.377 e. The quantitative estimate of drug-likeness (QED) is 0.843. The standard InChI is InChI=1S/C16H17BrN2/c1-11(19-15-7-8-16(17)18-10-15)13-6-5-12-3-2-4-14(12)9-13/h5-11,19H,2-4H2,1H3. The molecule has 19 heavy (non-hydrogen) atoms. The number of nitrogens with zero attached hydrogens (tertiary/aromatic N) is 1. The molecule has 0 fully saturated rings. The third-order valence-electron chi connectivity index (χ3n) is 3.73. The molecule has 1 atom stereocenters. The molecule has 1 heterocycles. The Hall–Kier alpha value is -1.35. The molecule has 1 unspecified atom stereocenters. The van der Waals surface area contributed by atoms with Crippen molar-refractivity contribution in [1.29, 1.82) is 0 Å². The second-order valence-corrected chi connectivity index (χ2v) is 5.93. The molecule has 3 heteroatoms. The van der Waals surface area contributed by atoms with Crippen LogP contribution in [0.3, 0.4) is 0 Å². The average molecular weight is 317 g/mol. The molecule has 2 aromatic rings. The largest absolute Gasteiger partial charge is 0.377 e. The summed E-state index contributed by atoms with van der Waals surface area (Å²) in [4.78, 5) is 4.24. The first kappa shape index (κ1) is 12.7. The summed E-state index contributed by atoms with van der Waals surface area (Å²) in [6, 6.07) is 11.2. The smallest absolute Gasteiger partial charge is 0.106 e. The zero-order chi connectivity index (χ0) is 13.2. The number of benzene rings is 1. The molecule has 1 aliphatic carbocycles. The number of anilines is 1. The lowest BCUT2D eigenvalue weighted by Crippen LogP contribution is -2.07. The first-order valence-corrected chi connectivity index (χ1v) is 7.51. The van der Waals surface area contributed by atoms with Gasteiger partial charge in [-0.3, -0.25) is 0 Å². The van der Waals surface area contributed by atoms with Gasteiger partial charge in [-0.1, -0.05) is 18.2 Å². The lowest BCUT2D eigenvalue weighted by Gasteiger charge is -2.16. The summed E-state index contributed by atoms with van der Waals surface area (Å²) >= 11 is 3.35. The fraction of sp³-hybridized carbons (Fsp3) is 0.312. The Morgan fingerprint density at radius 2 is 2.00 bits per heavy atom. The first-order valence-electron chi connectivity index (χ1n) is 6.72. The van der Waals surface area contributed by atoms with Gasteiger partial charge in [0.1, 0.15) is 4.60 Å². The number of aromatic nitrogens is 1. The second-order valence-electron chi connectivity index (χ2n) is 5.12. The molecule has 0 saturated heterocycles. The summed E-state index contributed by atoms with van der Waals surface area (Å²) in [5.74, 6) is 0. The summed E-state index contributed by atoms with van der Waals surface area (Å²) in [6.45, 7) is 2.19. The topological polar surface area (TPSA) is 24.9 Å². The van der Waals surface area contributed by atoms with Crippen LogP contribution in [-0.2, 0) is 12.8 Å². The van der Waals surface area contributed by atoms with Crippen LogP contribution in [0.5, 0.6) is 0 Å². The summed E-state index contributed by atoms with van der Waals surface area (Å²) in [5, 5.41) is 3.49. The van der Waals surface area contributed by atoms with Crippen LogP contribution in [0.4, 0.5) is 5.69 Å². The van der Waals surface area contributed by atoms with Crippen molar-refractivity contribution >= 4 is 21.6 Å². The molecule has 0 amide bonds. The second kappa shape index (κ2) is 5.33. The van der Waals surface area contributed by atoms with Crippen molar-refractivity contribution in [2.75, 3.05) is 5.32 Å². The van der Waals surface area contributed by atoms with E-state index in [0.717, 1.165) is 10.3 Å². The average Bonchev–Trinajstić information content (AvgIpc) is 2.88. The van der Waals surface area contributed by atoms with Crippen molar-refractivity contribution in [1.82, 2.24) is 4.98 Å². The van der Waals surface area contributed by atoms with Crippen molar-refractivity contribution in [2.45, 2.75) is 32.2 Å². The van der Waals surface area contributed by atoms with Gasteiger partial charge in [0.2, 0.25) is 0 Å². The van der Waals surface area contributed by atoms with Crippen LogP contribution in [0, 0.1) is 0 Å². The van der Waals surface area contributed by atoms with Crippen LogP contribution in [0.25, 0.3) is 0 Å². The van der Waals surface area contributed by atoms with Gasteiger partial charge < -0.3 is 5.32 Å². The Morgan fingerprint density at radius 3 is 2.79 bits per heavy atom. The number of aryl methyl sites for hydroxylation is 2. The van der Waals surface area contributed by atoms with Gasteiger partial charge in [-0.15, -0.1) is 0 Å². The predicted octanol–water partition coefficient (Wildman–Crippen LogP) is 4.51. The van der Waals surface area contributed by atoms with Gasteiger partial charge in [-0.05, 0) is 70.9 Å². The molecule has 1 N–H and O–H groups in total. The van der Waals surface area contributed by atoms with E-state index in [1.165, 1.54) is 36.0 Å². The third-order valence-corrected chi connectivity index (χ3v) is 4.20. The maximum atomic E-state index is 4.24. The number of nitrogens with one attached hydrogen (secondary N) is 1. The highest BCUT2D eigenvalue weighted by Gasteiger charge is 2.13. The minimum absolute atomic E-state index is 0.300. The van der Waals surface area contributed by atoms with E-state index in [1.807, 2.05) is 18.3 Å². The molecule has 2 nitrogen and oxygen atoms in total. The number of hydrogen-bond donors (Lipinski definition) is 1. The number of rotatable bonds is 3. The molecule has 0 saturated carbocycles. The number of halogens is 1. The van der Waals surface area contributed by atoms with Crippen LogP contribution in [-0.4, -0.2) is 4.98 Å². The van der Waals surface area contributed by atoms with Crippen LogP contribution >= 0.6 is 15.9 Å². The van der Waals surface area contributed by atoms with Crippen LogP contribution in [0.1, 0.15) is 36.1 Å². The number of pyridine rings is 1. The molecule has 0 aliphatic heterocycles. The zero-order valence-electron chi connectivity index (χ0n) is 11.0. The fourth-order valence-corrected chi connectivity index (χ4v) is 2.89. The van der Waals surface area contributed by atoms with Gasteiger partial charge >= 0.3 is 0 Å². The van der Waals surface area contributed by atoms with Gasteiger partial charge in [0, 0.05) is 6.04 Å². The SMILES string of the molecule is CC(Nc1ccc(Br)nc1)c1ccc2c(c1)CCC2. The van der Waals surface area contributed by atoms with E-state index in [2.05, 4.69) is 51.4 Å². The Balaban J connectivity index is 1.76. The highest BCUT2D eigenvalue weighted by Crippen LogP contribution is 2.27. The van der Waals surface area contributed by atoms with E-state index in [0.29, 0.717) is 6.04 Å². The molecule has 98 valence electrons. The van der Waals surface area contributed by atoms with Crippen molar-refractivity contribution in [3.8, 4) is 0 Å².